The second-order valence-electron chi connectivity index (χ2n) is 8.68. The van der Waals surface area contributed by atoms with Gasteiger partial charge in [-0.15, -0.1) is 11.3 Å². The average Bonchev–Trinajstić information content (AvgIpc) is 3.42. The highest BCUT2D eigenvalue weighted by atomic mass is 32.3. The predicted octanol–water partition coefficient (Wildman–Crippen LogP) is 4.01. The Kier molecular flexibility index (Phi) is 5.02. The number of nitrogens with zero attached hydrogens (tertiary/aromatic N) is 4. The summed E-state index contributed by atoms with van der Waals surface area (Å²) in [6.45, 7) is 0.856. The van der Waals surface area contributed by atoms with Crippen LogP contribution in [0.25, 0.3) is 21.1 Å². The van der Waals surface area contributed by atoms with Crippen LogP contribution in [0.3, 0.4) is 0 Å². The van der Waals surface area contributed by atoms with Crippen molar-refractivity contribution >= 4 is 60.5 Å². The van der Waals surface area contributed by atoms with Crippen molar-refractivity contribution in [1.29, 1.82) is 0 Å². The summed E-state index contributed by atoms with van der Waals surface area (Å²) in [6, 6.07) is 6.02. The first kappa shape index (κ1) is 20.8. The summed E-state index contributed by atoms with van der Waals surface area (Å²) in [4.78, 5) is 26.1. The van der Waals surface area contributed by atoms with E-state index in [0.29, 0.717) is 19.5 Å². The number of thiophene rings is 1. The van der Waals surface area contributed by atoms with Crippen LogP contribution in [-0.4, -0.2) is 64.7 Å². The molecular formula is C22H24N6O3S2. The van der Waals surface area contributed by atoms with Gasteiger partial charge in [-0.3, -0.25) is 19.0 Å². The van der Waals surface area contributed by atoms with Crippen molar-refractivity contribution in [2.45, 2.75) is 19.3 Å². The van der Waals surface area contributed by atoms with Crippen molar-refractivity contribution < 1.29 is 13.9 Å². The molecule has 4 N–H and O–H groups in total. The van der Waals surface area contributed by atoms with E-state index in [1.165, 1.54) is 10.4 Å². The highest BCUT2D eigenvalue weighted by molar-refractivity contribution is 8.24. The van der Waals surface area contributed by atoms with Crippen LogP contribution >= 0.6 is 21.9 Å². The zero-order valence-electron chi connectivity index (χ0n) is 17.8. The zero-order valence-corrected chi connectivity index (χ0v) is 19.5. The van der Waals surface area contributed by atoms with Gasteiger partial charge < -0.3 is 10.2 Å². The van der Waals surface area contributed by atoms with Gasteiger partial charge in [0.1, 0.15) is 17.0 Å². The molecule has 4 aromatic rings. The average molecular weight is 485 g/mol. The number of aromatic nitrogens is 4. The molecule has 1 atom stereocenters. The number of aromatic amines is 1. The van der Waals surface area contributed by atoms with Crippen LogP contribution < -0.4 is 5.32 Å². The minimum atomic E-state index is -2.50. The van der Waals surface area contributed by atoms with Gasteiger partial charge >= 0.3 is 0 Å². The van der Waals surface area contributed by atoms with Gasteiger partial charge in [0.05, 0.1) is 28.6 Å². The number of H-pyrrole nitrogens is 1. The van der Waals surface area contributed by atoms with Crippen LogP contribution in [0.4, 0.5) is 11.5 Å². The van der Waals surface area contributed by atoms with Crippen LogP contribution in [0.1, 0.15) is 16.9 Å². The molecule has 1 saturated heterocycles. The molecule has 3 aromatic heterocycles. The van der Waals surface area contributed by atoms with Gasteiger partial charge in [0.2, 0.25) is 5.91 Å². The lowest BCUT2D eigenvalue weighted by Crippen LogP contribution is -2.45. The van der Waals surface area contributed by atoms with Gasteiger partial charge in [0.15, 0.2) is 0 Å². The molecule has 9 nitrogen and oxygen atoms in total. The lowest BCUT2D eigenvalue weighted by molar-refractivity contribution is -0.135. The molecule has 1 aromatic carbocycles. The number of carbonyl (C=O) groups excluding carboxylic acids is 1. The van der Waals surface area contributed by atoms with Crippen molar-refractivity contribution in [1.82, 2.24) is 25.1 Å². The van der Waals surface area contributed by atoms with Crippen LogP contribution in [0.15, 0.2) is 30.7 Å². The number of benzene rings is 1. The third-order valence-electron chi connectivity index (χ3n) is 6.59. The summed E-state index contributed by atoms with van der Waals surface area (Å²) < 4.78 is 19.7. The smallest absolute Gasteiger partial charge is 0.226 e. The van der Waals surface area contributed by atoms with Crippen molar-refractivity contribution in [2.24, 2.45) is 5.92 Å². The molecule has 11 heteroatoms. The third-order valence-corrected chi connectivity index (χ3v) is 9.42. The number of hydrogen-bond donors (Lipinski definition) is 4. The lowest BCUT2D eigenvalue weighted by atomic mass is 9.87. The molecular weight excluding hydrogens is 460 g/mol. The van der Waals surface area contributed by atoms with E-state index in [1.807, 2.05) is 18.2 Å². The predicted molar refractivity (Wildman–Crippen MR) is 131 cm³/mol. The fourth-order valence-corrected chi connectivity index (χ4v) is 7.27. The molecule has 33 heavy (non-hydrogen) atoms. The molecule has 0 unspecified atom stereocenters. The molecule has 6 rings (SSSR count). The topological polar surface area (TPSA) is 127 Å². The Balaban J connectivity index is 1.25. The molecule has 0 radical (unpaired) electrons. The molecule has 1 fully saturated rings. The number of carbonyl (C=O) groups is 1. The number of amides is 1. The normalized spacial score (nSPS) is 21.2. The van der Waals surface area contributed by atoms with Crippen LogP contribution in [0, 0.1) is 5.92 Å². The molecule has 2 aliphatic rings. The van der Waals surface area contributed by atoms with E-state index in [1.54, 1.807) is 28.8 Å². The molecule has 1 amide bonds. The van der Waals surface area contributed by atoms with Crippen molar-refractivity contribution in [3.05, 3.63) is 41.2 Å². The number of aryl methyl sites for hydroxylation is 1. The number of anilines is 2. The zero-order chi connectivity index (χ0) is 22.6. The van der Waals surface area contributed by atoms with E-state index in [4.69, 9.17) is 0 Å². The third kappa shape index (κ3) is 3.84. The van der Waals surface area contributed by atoms with E-state index in [-0.39, 0.29) is 23.3 Å². The first-order chi connectivity index (χ1) is 16.0. The van der Waals surface area contributed by atoms with E-state index in [0.717, 1.165) is 45.5 Å². The minimum absolute atomic E-state index is 0.0710. The molecule has 0 bridgehead atoms. The van der Waals surface area contributed by atoms with Crippen molar-refractivity contribution in [3.8, 4) is 0 Å². The maximum Gasteiger partial charge on any atom is 0.226 e. The fourth-order valence-electron chi connectivity index (χ4n) is 4.78. The summed E-state index contributed by atoms with van der Waals surface area (Å²) in [5.74, 6) is 1.42. The van der Waals surface area contributed by atoms with Crippen molar-refractivity contribution in [3.63, 3.8) is 0 Å². The molecule has 4 heterocycles. The first-order valence-electron chi connectivity index (χ1n) is 10.9. The summed E-state index contributed by atoms with van der Waals surface area (Å²) in [7, 11) is -2.50. The quantitative estimate of drug-likeness (QED) is 0.346. The first-order valence-corrected chi connectivity index (χ1v) is 13.6. The summed E-state index contributed by atoms with van der Waals surface area (Å²) in [5, 5.41) is 12.6. The second kappa shape index (κ2) is 7.94. The van der Waals surface area contributed by atoms with Gasteiger partial charge in [-0.25, -0.2) is 9.97 Å². The number of nitrogens with one attached hydrogen (secondary N) is 2. The van der Waals surface area contributed by atoms with Crippen molar-refractivity contribution in [2.75, 3.05) is 29.9 Å². The Labute approximate surface area is 195 Å². The maximum atomic E-state index is 13.1. The number of rotatable bonds is 3. The number of fused-ring (bicyclic) bond motifs is 4. The Morgan fingerprint density at radius 2 is 2.09 bits per heavy atom. The van der Waals surface area contributed by atoms with Gasteiger partial charge in [-0.05, 0) is 43.0 Å². The highest BCUT2D eigenvalue weighted by Gasteiger charge is 2.34. The van der Waals surface area contributed by atoms with E-state index in [9.17, 15) is 13.9 Å². The monoisotopic (exact) mass is 484 g/mol. The lowest BCUT2D eigenvalue weighted by Gasteiger charge is -2.42. The Morgan fingerprint density at radius 3 is 2.94 bits per heavy atom. The van der Waals surface area contributed by atoms with Gasteiger partial charge in [-0.1, -0.05) is 0 Å². The summed E-state index contributed by atoms with van der Waals surface area (Å²) >= 11 is 1.64. The molecule has 0 spiro atoms. The summed E-state index contributed by atoms with van der Waals surface area (Å²) in [6.07, 6.45) is 5.65. The van der Waals surface area contributed by atoms with Gasteiger partial charge in [0.25, 0.3) is 0 Å². The molecule has 1 aliphatic carbocycles. The molecule has 172 valence electrons. The number of hydrogen-bond acceptors (Lipinski definition) is 8. The standard InChI is InChI=1S/C22H24N6O3S2/c29-22(28-5-7-33(30,31)8-6-28)13-1-3-16-18(10-13)32-21-19(16)20(23-12-24-21)26-15-2-4-17-14(9-15)11-25-27-17/h2,4,9,11-13,30-31H,1,3,5-8,10H2,(H,25,27)(H,23,24,26)/t13-/m0/s1. The minimum Gasteiger partial charge on any atom is -0.340 e. The largest absolute Gasteiger partial charge is 0.340 e. The maximum absolute atomic E-state index is 13.1. The van der Waals surface area contributed by atoms with E-state index in [2.05, 4.69) is 25.5 Å². The van der Waals surface area contributed by atoms with Crippen LogP contribution in [0.2, 0.25) is 0 Å². The van der Waals surface area contributed by atoms with Gasteiger partial charge in [-0.2, -0.15) is 15.7 Å². The van der Waals surface area contributed by atoms with Crippen LogP contribution in [0.5, 0.6) is 0 Å². The Hall–Kier alpha value is -2.73. The van der Waals surface area contributed by atoms with Crippen LogP contribution in [-0.2, 0) is 17.6 Å². The molecule has 0 saturated carbocycles. The van der Waals surface area contributed by atoms with E-state index < -0.39 is 10.6 Å². The Morgan fingerprint density at radius 1 is 1.24 bits per heavy atom. The summed E-state index contributed by atoms with van der Waals surface area (Å²) in [5.41, 5.74) is 3.15. The highest BCUT2D eigenvalue weighted by Crippen LogP contribution is 2.43. The van der Waals surface area contributed by atoms with E-state index >= 15 is 0 Å². The Bertz CT molecular complexity index is 1360. The van der Waals surface area contributed by atoms with Gasteiger partial charge in [0, 0.05) is 35.0 Å². The molecule has 1 aliphatic heterocycles. The fraction of sp³-hybridized carbons (Fsp3) is 0.364. The SMILES string of the molecule is O=C([C@H]1CCc2c(sc3ncnc(Nc4ccc5[nH]ncc5c4)c23)C1)N1CCS(O)(O)CC1. The second-order valence-corrected chi connectivity index (χ2v) is 12.2.